The lowest BCUT2D eigenvalue weighted by Gasteiger charge is -2.18. The quantitative estimate of drug-likeness (QED) is 0.647. The summed E-state index contributed by atoms with van der Waals surface area (Å²) in [5, 5.41) is 0.618. The Morgan fingerprint density at radius 2 is 1.96 bits per heavy atom. The Labute approximate surface area is 164 Å². The molecule has 0 radical (unpaired) electrons. The van der Waals surface area contributed by atoms with Crippen LogP contribution in [0.3, 0.4) is 0 Å². The molecule has 0 aliphatic carbocycles. The van der Waals surface area contributed by atoms with Gasteiger partial charge < -0.3 is 9.64 Å². The van der Waals surface area contributed by atoms with Crippen LogP contribution in [0, 0.1) is 0 Å². The van der Waals surface area contributed by atoms with Gasteiger partial charge in [0.15, 0.2) is 0 Å². The molecule has 0 bridgehead atoms. The number of halogens is 1. The Bertz CT molecular complexity index is 898. The number of hydrogen-bond acceptors (Lipinski definition) is 4. The average Bonchev–Trinajstić information content (AvgIpc) is 2.67. The molecule has 0 spiro atoms. The molecule has 6 nitrogen and oxygen atoms in total. The van der Waals surface area contributed by atoms with E-state index in [9.17, 15) is 13.2 Å². The normalized spacial score (nSPS) is 11.0. The first-order valence-electron chi connectivity index (χ1n) is 8.18. The summed E-state index contributed by atoms with van der Waals surface area (Å²) >= 11 is 5.82. The monoisotopic (exact) mass is 408 g/mol. The van der Waals surface area contributed by atoms with Crippen molar-refractivity contribution in [3.8, 4) is 5.75 Å². The van der Waals surface area contributed by atoms with Crippen LogP contribution in [0.1, 0.15) is 10.4 Å². The Balaban J connectivity index is 1.98. The van der Waals surface area contributed by atoms with Crippen LogP contribution in [0.25, 0.3) is 0 Å². The van der Waals surface area contributed by atoms with E-state index in [0.29, 0.717) is 23.9 Å². The van der Waals surface area contributed by atoms with Crippen LogP contribution in [-0.2, 0) is 10.0 Å². The molecule has 2 aromatic carbocycles. The number of sulfonamides is 1. The number of ether oxygens (including phenoxy) is 1. The van der Waals surface area contributed by atoms with E-state index in [1.54, 1.807) is 37.4 Å². The van der Waals surface area contributed by atoms with Gasteiger partial charge in [0.2, 0.25) is 10.0 Å². The van der Waals surface area contributed by atoms with Crippen molar-refractivity contribution in [2.24, 2.45) is 0 Å². The molecule has 144 valence electrons. The third-order valence-corrected chi connectivity index (χ3v) is 5.34. The highest BCUT2D eigenvalue weighted by atomic mass is 35.5. The molecule has 0 atom stereocenters. The van der Waals surface area contributed by atoms with Crippen molar-refractivity contribution in [2.45, 2.75) is 4.90 Å². The first-order valence-corrected chi connectivity index (χ1v) is 10.0. The van der Waals surface area contributed by atoms with E-state index in [1.165, 1.54) is 29.2 Å². The average molecular weight is 409 g/mol. The maximum absolute atomic E-state index is 12.5. The number of carbonyl (C=O) groups is 1. The van der Waals surface area contributed by atoms with Crippen molar-refractivity contribution in [1.82, 2.24) is 9.62 Å². The molecule has 0 unspecified atom stereocenters. The standard InChI is InChI=1S/C19H21ClN2O4S/c1-3-11-21-27(24,25)18-6-4-5-15(14-18)19(23)22(2)12-13-26-17-9-7-16(20)8-10-17/h3-10,14,21H,1,11-13H2,2H3. The Morgan fingerprint density at radius 3 is 2.63 bits per heavy atom. The Kier molecular flexibility index (Phi) is 7.41. The molecule has 0 saturated carbocycles. The second-order valence-electron chi connectivity index (χ2n) is 5.70. The molecule has 2 rings (SSSR count). The number of carbonyl (C=O) groups excluding carboxylic acids is 1. The summed E-state index contributed by atoms with van der Waals surface area (Å²) in [6.07, 6.45) is 1.45. The molecule has 0 fully saturated rings. The fraction of sp³-hybridized carbons (Fsp3) is 0.211. The van der Waals surface area contributed by atoms with Crippen molar-refractivity contribution < 1.29 is 17.9 Å². The maximum atomic E-state index is 12.5. The molecular formula is C19H21ClN2O4S. The van der Waals surface area contributed by atoms with Gasteiger partial charge in [-0.3, -0.25) is 4.79 Å². The molecule has 27 heavy (non-hydrogen) atoms. The molecule has 2 aromatic rings. The summed E-state index contributed by atoms with van der Waals surface area (Å²) in [5.74, 6) is 0.358. The predicted octanol–water partition coefficient (Wildman–Crippen LogP) is 2.96. The van der Waals surface area contributed by atoms with E-state index in [4.69, 9.17) is 16.3 Å². The van der Waals surface area contributed by atoms with Gasteiger partial charge in [-0.05, 0) is 42.5 Å². The summed E-state index contributed by atoms with van der Waals surface area (Å²) in [6.45, 7) is 4.22. The maximum Gasteiger partial charge on any atom is 0.253 e. The summed E-state index contributed by atoms with van der Waals surface area (Å²) in [4.78, 5) is 14.0. The molecule has 0 aromatic heterocycles. The zero-order valence-corrected chi connectivity index (χ0v) is 16.5. The summed E-state index contributed by atoms with van der Waals surface area (Å²) in [7, 11) is -2.06. The predicted molar refractivity (Wildman–Crippen MR) is 106 cm³/mol. The second-order valence-corrected chi connectivity index (χ2v) is 7.90. The molecule has 0 saturated heterocycles. The van der Waals surface area contributed by atoms with Crippen molar-refractivity contribution >= 4 is 27.5 Å². The lowest BCUT2D eigenvalue weighted by atomic mass is 10.2. The van der Waals surface area contributed by atoms with E-state index in [0.717, 1.165) is 0 Å². The van der Waals surface area contributed by atoms with E-state index in [2.05, 4.69) is 11.3 Å². The minimum Gasteiger partial charge on any atom is -0.492 e. The van der Waals surface area contributed by atoms with Crippen molar-refractivity contribution in [3.05, 3.63) is 71.8 Å². The van der Waals surface area contributed by atoms with Gasteiger partial charge in [0.25, 0.3) is 5.91 Å². The number of nitrogens with one attached hydrogen (secondary N) is 1. The summed E-state index contributed by atoms with van der Waals surface area (Å²) in [6, 6.07) is 12.8. The van der Waals surface area contributed by atoms with Crippen molar-refractivity contribution in [1.29, 1.82) is 0 Å². The van der Waals surface area contributed by atoms with E-state index in [-0.39, 0.29) is 22.9 Å². The number of likely N-dealkylation sites (N-methyl/N-ethyl adjacent to an activating group) is 1. The summed E-state index contributed by atoms with van der Waals surface area (Å²) in [5.41, 5.74) is 0.283. The van der Waals surface area contributed by atoms with Crippen molar-refractivity contribution in [2.75, 3.05) is 26.7 Å². The van der Waals surface area contributed by atoms with Crippen LogP contribution >= 0.6 is 11.6 Å². The fourth-order valence-corrected chi connectivity index (χ4v) is 3.37. The lowest BCUT2D eigenvalue weighted by molar-refractivity contribution is 0.0773. The van der Waals surface area contributed by atoms with Crippen molar-refractivity contribution in [3.63, 3.8) is 0 Å². The summed E-state index contributed by atoms with van der Waals surface area (Å²) < 4.78 is 32.3. The minimum absolute atomic E-state index is 0.0287. The zero-order chi connectivity index (χ0) is 19.9. The molecule has 1 amide bonds. The molecule has 8 heteroatoms. The van der Waals surface area contributed by atoms with Gasteiger partial charge in [-0.2, -0.15) is 0 Å². The first-order chi connectivity index (χ1) is 12.8. The van der Waals surface area contributed by atoms with E-state index in [1.807, 2.05) is 0 Å². The topological polar surface area (TPSA) is 75.7 Å². The number of hydrogen-bond donors (Lipinski definition) is 1. The van der Waals surface area contributed by atoms with Gasteiger partial charge in [0, 0.05) is 24.2 Å². The van der Waals surface area contributed by atoms with Gasteiger partial charge >= 0.3 is 0 Å². The number of amides is 1. The third kappa shape index (κ3) is 6.09. The van der Waals surface area contributed by atoms with E-state index >= 15 is 0 Å². The fourth-order valence-electron chi connectivity index (χ4n) is 2.20. The highest BCUT2D eigenvalue weighted by Crippen LogP contribution is 2.16. The minimum atomic E-state index is -3.69. The van der Waals surface area contributed by atoms with Crippen LogP contribution in [0.5, 0.6) is 5.75 Å². The highest BCUT2D eigenvalue weighted by molar-refractivity contribution is 7.89. The first kappa shape index (κ1) is 21.0. The largest absolute Gasteiger partial charge is 0.492 e. The number of benzene rings is 2. The Hall–Kier alpha value is -2.35. The van der Waals surface area contributed by atoms with Crippen LogP contribution in [-0.4, -0.2) is 46.0 Å². The third-order valence-electron chi connectivity index (χ3n) is 3.66. The van der Waals surface area contributed by atoms with E-state index < -0.39 is 10.0 Å². The molecule has 0 heterocycles. The van der Waals surface area contributed by atoms with Crippen LogP contribution < -0.4 is 9.46 Å². The molecule has 0 aliphatic rings. The molecule has 1 N–H and O–H groups in total. The van der Waals surface area contributed by atoms with Gasteiger partial charge in [-0.25, -0.2) is 13.1 Å². The van der Waals surface area contributed by atoms with Gasteiger partial charge in [0.05, 0.1) is 11.4 Å². The highest BCUT2D eigenvalue weighted by Gasteiger charge is 2.17. The number of rotatable bonds is 9. The van der Waals surface area contributed by atoms with Gasteiger partial charge in [0.1, 0.15) is 12.4 Å². The van der Waals surface area contributed by atoms with Crippen LogP contribution in [0.4, 0.5) is 0 Å². The van der Waals surface area contributed by atoms with Crippen LogP contribution in [0.2, 0.25) is 5.02 Å². The smallest absolute Gasteiger partial charge is 0.253 e. The number of nitrogens with zero attached hydrogens (tertiary/aromatic N) is 1. The Morgan fingerprint density at radius 1 is 1.26 bits per heavy atom. The molecular weight excluding hydrogens is 388 g/mol. The van der Waals surface area contributed by atoms with Gasteiger partial charge in [-0.15, -0.1) is 6.58 Å². The van der Waals surface area contributed by atoms with Gasteiger partial charge in [-0.1, -0.05) is 23.7 Å². The zero-order valence-electron chi connectivity index (χ0n) is 14.9. The lowest BCUT2D eigenvalue weighted by Crippen LogP contribution is -2.31. The SMILES string of the molecule is C=CCNS(=O)(=O)c1cccc(C(=O)N(C)CCOc2ccc(Cl)cc2)c1. The molecule has 0 aliphatic heterocycles. The second kappa shape index (κ2) is 9.55. The van der Waals surface area contributed by atoms with Crippen LogP contribution in [0.15, 0.2) is 66.1 Å².